The number of H-pyrrole nitrogens is 1. The highest BCUT2D eigenvalue weighted by Gasteiger charge is 2.22. The molecule has 1 aromatic heterocycles. The van der Waals surface area contributed by atoms with Crippen LogP contribution in [0, 0.1) is 0 Å². The summed E-state index contributed by atoms with van der Waals surface area (Å²) in [4.78, 5) is 16.5. The van der Waals surface area contributed by atoms with Crippen LogP contribution in [0.5, 0.6) is 0 Å². The van der Waals surface area contributed by atoms with Gasteiger partial charge in [0, 0.05) is 38.4 Å². The molecule has 2 rings (SSSR count). The molecule has 6 heteroatoms. The Balaban J connectivity index is 1.88. The van der Waals surface area contributed by atoms with Crippen LogP contribution in [0.15, 0.2) is 6.07 Å². The third-order valence-corrected chi connectivity index (χ3v) is 3.92. The number of aryl methyl sites for hydroxylation is 1. The Morgan fingerprint density at radius 3 is 2.90 bits per heavy atom. The Kier molecular flexibility index (Phi) is 5.76. The molecular weight excluding hydrogens is 268 g/mol. The summed E-state index contributed by atoms with van der Waals surface area (Å²) in [6, 6.07) is 2.19. The molecule has 0 radical (unpaired) electrons. The monoisotopic (exact) mass is 294 g/mol. The van der Waals surface area contributed by atoms with Gasteiger partial charge in [0.1, 0.15) is 5.69 Å². The standard InChI is InChI=1S/C15H26N4O2/c1-4-5-13-10-14(17-16-13)15(20)18(3)11-12(2)19-6-8-21-9-7-19/h10,12H,4-9,11H2,1-3H3,(H,16,17). The maximum absolute atomic E-state index is 12.4. The van der Waals surface area contributed by atoms with Crippen LogP contribution in [0.1, 0.15) is 36.5 Å². The predicted molar refractivity (Wildman–Crippen MR) is 81.4 cm³/mol. The van der Waals surface area contributed by atoms with Crippen molar-refractivity contribution in [2.24, 2.45) is 0 Å². The van der Waals surface area contributed by atoms with E-state index < -0.39 is 0 Å². The van der Waals surface area contributed by atoms with Gasteiger partial charge in [0.2, 0.25) is 0 Å². The molecule has 1 atom stereocenters. The minimum atomic E-state index is -0.0197. The van der Waals surface area contributed by atoms with Crippen molar-refractivity contribution < 1.29 is 9.53 Å². The molecule has 0 bridgehead atoms. The molecule has 2 heterocycles. The molecule has 118 valence electrons. The summed E-state index contributed by atoms with van der Waals surface area (Å²) >= 11 is 0. The summed E-state index contributed by atoms with van der Waals surface area (Å²) in [6.45, 7) is 8.40. The molecule has 1 saturated heterocycles. The van der Waals surface area contributed by atoms with Gasteiger partial charge < -0.3 is 9.64 Å². The van der Waals surface area contributed by atoms with E-state index in [2.05, 4.69) is 28.9 Å². The lowest BCUT2D eigenvalue weighted by Gasteiger charge is -2.34. The van der Waals surface area contributed by atoms with Gasteiger partial charge in [-0.15, -0.1) is 0 Å². The Hall–Kier alpha value is -1.40. The zero-order chi connectivity index (χ0) is 15.2. The van der Waals surface area contributed by atoms with E-state index in [1.54, 1.807) is 4.90 Å². The summed E-state index contributed by atoms with van der Waals surface area (Å²) in [5.74, 6) is -0.0197. The number of carbonyl (C=O) groups is 1. The second-order valence-electron chi connectivity index (χ2n) is 5.71. The van der Waals surface area contributed by atoms with E-state index in [4.69, 9.17) is 4.74 Å². The average molecular weight is 294 g/mol. The molecule has 1 unspecified atom stereocenters. The summed E-state index contributed by atoms with van der Waals surface area (Å²) in [7, 11) is 1.84. The normalized spacial score (nSPS) is 17.7. The van der Waals surface area contributed by atoms with Gasteiger partial charge in [-0.05, 0) is 19.4 Å². The first kappa shape index (κ1) is 16.0. The Morgan fingerprint density at radius 1 is 1.52 bits per heavy atom. The maximum atomic E-state index is 12.4. The summed E-state index contributed by atoms with van der Waals surface area (Å²) in [5, 5.41) is 7.06. The SMILES string of the molecule is CCCc1cc(C(=O)N(C)CC(C)N2CCOCC2)n[nH]1. The number of carbonyl (C=O) groups excluding carboxylic acids is 1. The Labute approximate surface area is 126 Å². The molecule has 6 nitrogen and oxygen atoms in total. The molecule has 0 saturated carbocycles. The second kappa shape index (κ2) is 7.56. The molecule has 0 aromatic carbocycles. The topological polar surface area (TPSA) is 61.5 Å². The lowest BCUT2D eigenvalue weighted by Crippen LogP contribution is -2.47. The molecular formula is C15H26N4O2. The average Bonchev–Trinajstić information content (AvgIpc) is 2.96. The van der Waals surface area contributed by atoms with E-state index >= 15 is 0 Å². The van der Waals surface area contributed by atoms with Gasteiger partial charge in [0.15, 0.2) is 0 Å². The van der Waals surface area contributed by atoms with Crippen LogP contribution >= 0.6 is 0 Å². The molecule has 1 aliphatic heterocycles. The molecule has 1 amide bonds. The molecule has 21 heavy (non-hydrogen) atoms. The van der Waals surface area contributed by atoms with Crippen molar-refractivity contribution in [1.29, 1.82) is 0 Å². The van der Waals surface area contributed by atoms with Crippen LogP contribution in [-0.4, -0.2) is 71.8 Å². The van der Waals surface area contributed by atoms with E-state index in [9.17, 15) is 4.79 Å². The van der Waals surface area contributed by atoms with E-state index in [0.717, 1.165) is 44.8 Å². The zero-order valence-corrected chi connectivity index (χ0v) is 13.3. The largest absolute Gasteiger partial charge is 0.379 e. The number of hydrogen-bond donors (Lipinski definition) is 1. The van der Waals surface area contributed by atoms with Gasteiger partial charge in [-0.3, -0.25) is 14.8 Å². The number of aromatic amines is 1. The lowest BCUT2D eigenvalue weighted by molar-refractivity contribution is 0.0142. The summed E-state index contributed by atoms with van der Waals surface area (Å²) in [6.07, 6.45) is 1.97. The van der Waals surface area contributed by atoms with Crippen LogP contribution in [0.2, 0.25) is 0 Å². The van der Waals surface area contributed by atoms with Crippen LogP contribution in [0.4, 0.5) is 0 Å². The number of nitrogens with zero attached hydrogens (tertiary/aromatic N) is 3. The maximum Gasteiger partial charge on any atom is 0.274 e. The van der Waals surface area contributed by atoms with E-state index in [1.807, 2.05) is 13.1 Å². The number of nitrogens with one attached hydrogen (secondary N) is 1. The van der Waals surface area contributed by atoms with Crippen LogP contribution in [0.25, 0.3) is 0 Å². The first-order valence-corrected chi connectivity index (χ1v) is 7.73. The zero-order valence-electron chi connectivity index (χ0n) is 13.3. The number of likely N-dealkylation sites (N-methyl/N-ethyl adjacent to an activating group) is 1. The van der Waals surface area contributed by atoms with Crippen molar-refractivity contribution in [3.63, 3.8) is 0 Å². The fourth-order valence-corrected chi connectivity index (χ4v) is 2.68. The quantitative estimate of drug-likeness (QED) is 0.855. The summed E-state index contributed by atoms with van der Waals surface area (Å²) < 4.78 is 5.36. The molecule has 1 aromatic rings. The highest BCUT2D eigenvalue weighted by atomic mass is 16.5. The van der Waals surface area contributed by atoms with Crippen molar-refractivity contribution in [1.82, 2.24) is 20.0 Å². The smallest absolute Gasteiger partial charge is 0.274 e. The van der Waals surface area contributed by atoms with Crippen LogP contribution in [-0.2, 0) is 11.2 Å². The third kappa shape index (κ3) is 4.28. The molecule has 0 spiro atoms. The number of aromatic nitrogens is 2. The van der Waals surface area contributed by atoms with Gasteiger partial charge in [-0.25, -0.2) is 0 Å². The summed E-state index contributed by atoms with van der Waals surface area (Å²) in [5.41, 5.74) is 1.53. The van der Waals surface area contributed by atoms with Gasteiger partial charge in [-0.1, -0.05) is 13.3 Å². The molecule has 0 aliphatic carbocycles. The van der Waals surface area contributed by atoms with Crippen molar-refractivity contribution in [2.45, 2.75) is 32.7 Å². The van der Waals surface area contributed by atoms with Gasteiger partial charge >= 0.3 is 0 Å². The number of ether oxygens (including phenoxy) is 1. The number of rotatable bonds is 6. The van der Waals surface area contributed by atoms with E-state index in [0.29, 0.717) is 18.3 Å². The van der Waals surface area contributed by atoms with Crippen LogP contribution in [0.3, 0.4) is 0 Å². The number of hydrogen-bond acceptors (Lipinski definition) is 4. The Bertz CT molecular complexity index is 454. The van der Waals surface area contributed by atoms with Crippen molar-refractivity contribution in [3.8, 4) is 0 Å². The predicted octanol–water partition coefficient (Wildman–Crippen LogP) is 1.15. The number of amides is 1. The van der Waals surface area contributed by atoms with Crippen molar-refractivity contribution in [3.05, 3.63) is 17.5 Å². The molecule has 1 fully saturated rings. The van der Waals surface area contributed by atoms with Crippen LogP contribution < -0.4 is 0 Å². The minimum Gasteiger partial charge on any atom is -0.379 e. The lowest BCUT2D eigenvalue weighted by atomic mass is 10.2. The highest BCUT2D eigenvalue weighted by Crippen LogP contribution is 2.09. The van der Waals surface area contributed by atoms with Gasteiger partial charge in [-0.2, -0.15) is 5.10 Å². The van der Waals surface area contributed by atoms with Crippen molar-refractivity contribution >= 4 is 5.91 Å². The van der Waals surface area contributed by atoms with E-state index in [1.165, 1.54) is 0 Å². The number of morpholine rings is 1. The van der Waals surface area contributed by atoms with Gasteiger partial charge in [0.05, 0.1) is 13.2 Å². The fourth-order valence-electron chi connectivity index (χ4n) is 2.68. The van der Waals surface area contributed by atoms with Crippen molar-refractivity contribution in [2.75, 3.05) is 39.9 Å². The van der Waals surface area contributed by atoms with E-state index in [-0.39, 0.29) is 5.91 Å². The van der Waals surface area contributed by atoms with Gasteiger partial charge in [0.25, 0.3) is 5.91 Å². The second-order valence-corrected chi connectivity index (χ2v) is 5.71. The highest BCUT2D eigenvalue weighted by molar-refractivity contribution is 5.92. The molecule has 1 N–H and O–H groups in total. The minimum absolute atomic E-state index is 0.0197. The fraction of sp³-hybridized carbons (Fsp3) is 0.733. The Morgan fingerprint density at radius 2 is 2.24 bits per heavy atom. The first-order valence-electron chi connectivity index (χ1n) is 7.73. The third-order valence-electron chi connectivity index (χ3n) is 3.92. The molecule has 1 aliphatic rings. The first-order chi connectivity index (χ1) is 10.1.